The zero-order valence-corrected chi connectivity index (χ0v) is 11.3. The molecule has 2 aromatic carbocycles. The highest BCUT2D eigenvalue weighted by Gasteiger charge is 2.10. The third-order valence-electron chi connectivity index (χ3n) is 2.97. The maximum absolute atomic E-state index is 12.9. The average molecular weight is 280 g/mol. The number of phenolic OH excluding ortho intramolecular Hbond substituents is 1. The van der Waals surface area contributed by atoms with Crippen LogP contribution in [0.4, 0.5) is 10.1 Å². The first-order valence-electron chi connectivity index (χ1n) is 6.10. The Kier molecular flexibility index (Phi) is 4.27. The van der Waals surface area contributed by atoms with Crippen LogP contribution in [0.5, 0.6) is 5.75 Å². The number of halogens is 2. The summed E-state index contributed by atoms with van der Waals surface area (Å²) in [5, 5.41) is 13.0. The molecule has 0 spiro atoms. The Bertz CT molecular complexity index is 557. The van der Waals surface area contributed by atoms with Crippen LogP contribution >= 0.6 is 11.6 Å². The number of rotatable bonds is 4. The van der Waals surface area contributed by atoms with Gasteiger partial charge in [-0.3, -0.25) is 0 Å². The van der Waals surface area contributed by atoms with Crippen molar-refractivity contribution in [2.45, 2.75) is 19.4 Å². The van der Waals surface area contributed by atoms with Gasteiger partial charge in [-0.1, -0.05) is 30.7 Å². The normalized spacial score (nSPS) is 12.2. The van der Waals surface area contributed by atoms with Crippen molar-refractivity contribution in [3.05, 3.63) is 58.9 Å². The van der Waals surface area contributed by atoms with Crippen LogP contribution in [0.3, 0.4) is 0 Å². The summed E-state index contributed by atoms with van der Waals surface area (Å²) < 4.78 is 12.9. The summed E-state index contributed by atoms with van der Waals surface area (Å²) >= 11 is 5.87. The maximum atomic E-state index is 12.9. The van der Waals surface area contributed by atoms with E-state index in [2.05, 4.69) is 5.32 Å². The van der Waals surface area contributed by atoms with Gasteiger partial charge in [-0.25, -0.2) is 4.39 Å². The Labute approximate surface area is 116 Å². The van der Waals surface area contributed by atoms with Crippen molar-refractivity contribution in [3.63, 3.8) is 0 Å². The molecule has 2 rings (SSSR count). The van der Waals surface area contributed by atoms with Crippen molar-refractivity contribution in [2.24, 2.45) is 0 Å². The molecule has 1 unspecified atom stereocenters. The number of aromatic hydroxyl groups is 1. The summed E-state index contributed by atoms with van der Waals surface area (Å²) in [5.74, 6) is -0.187. The smallest absolute Gasteiger partial charge is 0.134 e. The fourth-order valence-electron chi connectivity index (χ4n) is 1.91. The van der Waals surface area contributed by atoms with Gasteiger partial charge in [0.25, 0.3) is 0 Å². The van der Waals surface area contributed by atoms with Crippen molar-refractivity contribution in [1.29, 1.82) is 0 Å². The lowest BCUT2D eigenvalue weighted by Gasteiger charge is -2.19. The first-order chi connectivity index (χ1) is 9.10. The van der Waals surface area contributed by atoms with Gasteiger partial charge in [-0.05, 0) is 42.3 Å². The summed E-state index contributed by atoms with van der Waals surface area (Å²) in [6.07, 6.45) is 0.851. The second-order valence-electron chi connectivity index (χ2n) is 4.32. The molecule has 0 saturated carbocycles. The molecule has 0 radical (unpaired) electrons. The quantitative estimate of drug-likeness (QED) is 0.792. The maximum Gasteiger partial charge on any atom is 0.134 e. The SMILES string of the molecule is CCC(Nc1ccc(O)c(Cl)c1)c1ccc(F)cc1. The molecule has 0 aliphatic carbocycles. The van der Waals surface area contributed by atoms with Crippen LogP contribution in [0, 0.1) is 5.82 Å². The molecule has 0 saturated heterocycles. The largest absolute Gasteiger partial charge is 0.506 e. The summed E-state index contributed by atoms with van der Waals surface area (Å²) in [7, 11) is 0. The van der Waals surface area contributed by atoms with Crippen LogP contribution in [0.1, 0.15) is 24.9 Å². The lowest BCUT2D eigenvalue weighted by Crippen LogP contribution is -2.09. The van der Waals surface area contributed by atoms with E-state index in [0.29, 0.717) is 5.02 Å². The molecule has 2 N–H and O–H groups in total. The van der Waals surface area contributed by atoms with E-state index < -0.39 is 0 Å². The highest BCUT2D eigenvalue weighted by Crippen LogP contribution is 2.29. The molecule has 1 atom stereocenters. The first-order valence-corrected chi connectivity index (χ1v) is 6.48. The molecule has 0 aromatic heterocycles. The zero-order valence-electron chi connectivity index (χ0n) is 10.5. The van der Waals surface area contributed by atoms with Crippen molar-refractivity contribution >= 4 is 17.3 Å². The van der Waals surface area contributed by atoms with Crippen molar-refractivity contribution in [2.75, 3.05) is 5.32 Å². The Morgan fingerprint density at radius 3 is 2.47 bits per heavy atom. The molecule has 0 aliphatic rings. The first kappa shape index (κ1) is 13.7. The monoisotopic (exact) mass is 279 g/mol. The fourth-order valence-corrected chi connectivity index (χ4v) is 2.09. The standard InChI is InChI=1S/C15H15ClFNO/c1-2-14(10-3-5-11(17)6-4-10)18-12-7-8-15(19)13(16)9-12/h3-9,14,18-19H,2H2,1H3. The predicted molar refractivity (Wildman–Crippen MR) is 76.2 cm³/mol. The Balaban J connectivity index is 2.18. The molecule has 2 aromatic rings. The number of nitrogens with one attached hydrogen (secondary N) is 1. The molecule has 0 bridgehead atoms. The highest BCUT2D eigenvalue weighted by atomic mass is 35.5. The Hall–Kier alpha value is -1.74. The van der Waals surface area contributed by atoms with E-state index in [9.17, 15) is 9.50 Å². The van der Waals surface area contributed by atoms with Crippen molar-refractivity contribution in [1.82, 2.24) is 0 Å². The topological polar surface area (TPSA) is 32.3 Å². The molecule has 0 aliphatic heterocycles. The number of benzene rings is 2. The van der Waals surface area contributed by atoms with Gasteiger partial charge < -0.3 is 10.4 Å². The minimum atomic E-state index is -0.244. The van der Waals surface area contributed by atoms with Gasteiger partial charge in [0.1, 0.15) is 11.6 Å². The molecule has 0 amide bonds. The molecule has 100 valence electrons. The lowest BCUT2D eigenvalue weighted by molar-refractivity contribution is 0.475. The summed E-state index contributed by atoms with van der Waals surface area (Å²) in [6, 6.07) is 11.5. The van der Waals surface area contributed by atoms with Gasteiger partial charge in [0.2, 0.25) is 0 Å². The molecular formula is C15H15ClFNO. The van der Waals surface area contributed by atoms with Crippen LogP contribution in [0.25, 0.3) is 0 Å². The van der Waals surface area contributed by atoms with Crippen LogP contribution in [-0.2, 0) is 0 Å². The van der Waals surface area contributed by atoms with E-state index in [4.69, 9.17) is 11.6 Å². The summed E-state index contributed by atoms with van der Waals surface area (Å²) in [5.41, 5.74) is 1.83. The van der Waals surface area contributed by atoms with Crippen LogP contribution in [0.15, 0.2) is 42.5 Å². The predicted octanol–water partition coefficient (Wildman–Crippen LogP) is 4.75. The van der Waals surface area contributed by atoms with Gasteiger partial charge >= 0.3 is 0 Å². The minimum Gasteiger partial charge on any atom is -0.506 e. The van der Waals surface area contributed by atoms with E-state index in [1.165, 1.54) is 12.1 Å². The molecule has 0 heterocycles. The highest BCUT2D eigenvalue weighted by molar-refractivity contribution is 6.32. The summed E-state index contributed by atoms with van der Waals surface area (Å²) in [6.45, 7) is 2.04. The van der Waals surface area contributed by atoms with Gasteiger partial charge in [-0.15, -0.1) is 0 Å². The fraction of sp³-hybridized carbons (Fsp3) is 0.200. The second kappa shape index (κ2) is 5.93. The molecule has 19 heavy (non-hydrogen) atoms. The van der Waals surface area contributed by atoms with Crippen LogP contribution in [-0.4, -0.2) is 5.11 Å². The zero-order chi connectivity index (χ0) is 13.8. The Morgan fingerprint density at radius 2 is 1.89 bits per heavy atom. The van der Waals surface area contributed by atoms with Crippen molar-refractivity contribution < 1.29 is 9.50 Å². The lowest BCUT2D eigenvalue weighted by atomic mass is 10.0. The minimum absolute atomic E-state index is 0.0575. The molecular weight excluding hydrogens is 265 g/mol. The van der Waals surface area contributed by atoms with Crippen molar-refractivity contribution in [3.8, 4) is 5.75 Å². The van der Waals surface area contributed by atoms with E-state index in [-0.39, 0.29) is 17.6 Å². The molecule has 0 fully saturated rings. The summed E-state index contributed by atoms with van der Waals surface area (Å²) in [4.78, 5) is 0. The van der Waals surface area contributed by atoms with E-state index in [0.717, 1.165) is 17.7 Å². The number of hydrogen-bond donors (Lipinski definition) is 2. The number of hydrogen-bond acceptors (Lipinski definition) is 2. The second-order valence-corrected chi connectivity index (χ2v) is 4.73. The number of anilines is 1. The van der Waals surface area contributed by atoms with Gasteiger partial charge in [0.05, 0.1) is 11.1 Å². The van der Waals surface area contributed by atoms with E-state index in [1.54, 1.807) is 30.3 Å². The van der Waals surface area contributed by atoms with E-state index in [1.807, 2.05) is 6.92 Å². The average Bonchev–Trinajstić information content (AvgIpc) is 2.41. The third-order valence-corrected chi connectivity index (χ3v) is 3.27. The van der Waals surface area contributed by atoms with Gasteiger partial charge in [-0.2, -0.15) is 0 Å². The van der Waals surface area contributed by atoms with Gasteiger partial charge in [0.15, 0.2) is 0 Å². The van der Waals surface area contributed by atoms with E-state index >= 15 is 0 Å². The Morgan fingerprint density at radius 1 is 1.21 bits per heavy atom. The number of phenols is 1. The van der Waals surface area contributed by atoms with Crippen LogP contribution in [0.2, 0.25) is 5.02 Å². The van der Waals surface area contributed by atoms with Crippen LogP contribution < -0.4 is 5.32 Å². The third kappa shape index (κ3) is 3.38. The molecule has 4 heteroatoms. The molecule has 2 nitrogen and oxygen atoms in total. The van der Waals surface area contributed by atoms with Gasteiger partial charge in [0, 0.05) is 5.69 Å².